The van der Waals surface area contributed by atoms with Crippen molar-refractivity contribution in [3.05, 3.63) is 35.4 Å². The minimum absolute atomic E-state index is 0.328. The lowest BCUT2D eigenvalue weighted by atomic mass is 10.1. The molecule has 0 aliphatic rings. The van der Waals surface area contributed by atoms with Crippen LogP contribution in [0.2, 0.25) is 0 Å². The monoisotopic (exact) mass is 422 g/mol. The Labute approximate surface area is 178 Å². The van der Waals surface area contributed by atoms with Crippen LogP contribution in [0.3, 0.4) is 0 Å². The molecule has 0 fully saturated rings. The van der Waals surface area contributed by atoms with E-state index in [1.807, 2.05) is 12.1 Å². The number of hydrogen-bond acceptors (Lipinski definition) is 7. The molecule has 1 amide bonds. The second-order valence-electron chi connectivity index (χ2n) is 8.89. The number of nitrogens with one attached hydrogen (secondary N) is 2. The lowest BCUT2D eigenvalue weighted by molar-refractivity contribution is -0.157. The maximum absolute atomic E-state index is 12.5. The second-order valence-corrected chi connectivity index (χ2v) is 8.89. The summed E-state index contributed by atoms with van der Waals surface area (Å²) in [6.07, 6.45) is -0.342. The molecule has 0 spiro atoms. The van der Waals surface area contributed by atoms with E-state index in [0.29, 0.717) is 25.1 Å². The molecule has 0 saturated carbocycles. The van der Waals surface area contributed by atoms with Crippen molar-refractivity contribution >= 4 is 18.0 Å². The van der Waals surface area contributed by atoms with Crippen molar-refractivity contribution < 1.29 is 28.6 Å². The van der Waals surface area contributed by atoms with Crippen LogP contribution in [0.1, 0.15) is 63.9 Å². The van der Waals surface area contributed by atoms with E-state index in [9.17, 15) is 14.4 Å². The first kappa shape index (κ1) is 25.4. The molecule has 30 heavy (non-hydrogen) atoms. The molecular weight excluding hydrogens is 388 g/mol. The highest BCUT2D eigenvalue weighted by Gasteiger charge is 2.28. The highest BCUT2D eigenvalue weighted by atomic mass is 16.6. The molecule has 1 atom stereocenters. The van der Waals surface area contributed by atoms with Gasteiger partial charge in [0.15, 0.2) is 0 Å². The number of methoxy groups -OCH3 is 1. The zero-order chi connectivity index (χ0) is 22.9. The Morgan fingerprint density at radius 3 is 2.00 bits per heavy atom. The molecule has 0 heterocycles. The topological polar surface area (TPSA) is 103 Å². The van der Waals surface area contributed by atoms with Crippen LogP contribution in [0.25, 0.3) is 0 Å². The first-order valence-corrected chi connectivity index (χ1v) is 9.91. The molecule has 2 N–H and O–H groups in total. The van der Waals surface area contributed by atoms with Gasteiger partial charge in [0.2, 0.25) is 0 Å². The van der Waals surface area contributed by atoms with E-state index < -0.39 is 29.3 Å². The van der Waals surface area contributed by atoms with Gasteiger partial charge in [0, 0.05) is 6.54 Å². The summed E-state index contributed by atoms with van der Waals surface area (Å²) in [5.41, 5.74) is 0.112. The molecule has 8 heteroatoms. The van der Waals surface area contributed by atoms with Crippen molar-refractivity contribution in [2.75, 3.05) is 13.7 Å². The SMILES string of the molecule is COC(=O)c1ccc(CNCCC(NC(=O)OC(C)(C)C)C(=O)OC(C)(C)C)cc1. The van der Waals surface area contributed by atoms with Gasteiger partial charge >= 0.3 is 18.0 Å². The Morgan fingerprint density at radius 1 is 0.933 bits per heavy atom. The Morgan fingerprint density at radius 2 is 1.50 bits per heavy atom. The minimum atomic E-state index is -0.840. The van der Waals surface area contributed by atoms with Crippen LogP contribution in [0.15, 0.2) is 24.3 Å². The van der Waals surface area contributed by atoms with Gasteiger partial charge in [-0.25, -0.2) is 14.4 Å². The van der Waals surface area contributed by atoms with E-state index in [-0.39, 0.29) is 5.97 Å². The molecule has 0 bridgehead atoms. The number of benzene rings is 1. The van der Waals surface area contributed by atoms with Gasteiger partial charge in [-0.05, 0) is 72.2 Å². The van der Waals surface area contributed by atoms with E-state index in [1.54, 1.807) is 53.7 Å². The van der Waals surface area contributed by atoms with E-state index in [0.717, 1.165) is 5.56 Å². The maximum Gasteiger partial charge on any atom is 0.408 e. The number of carbonyl (C=O) groups excluding carboxylic acids is 3. The number of carbonyl (C=O) groups is 3. The zero-order valence-electron chi connectivity index (χ0n) is 19.0. The lowest BCUT2D eigenvalue weighted by Crippen LogP contribution is -2.47. The first-order chi connectivity index (χ1) is 13.8. The number of alkyl carbamates (subject to hydrolysis) is 1. The van der Waals surface area contributed by atoms with Crippen molar-refractivity contribution in [3.8, 4) is 0 Å². The average Bonchev–Trinajstić information content (AvgIpc) is 2.61. The summed E-state index contributed by atoms with van der Waals surface area (Å²) in [4.78, 5) is 36.1. The zero-order valence-corrected chi connectivity index (χ0v) is 19.0. The third-order valence-electron chi connectivity index (χ3n) is 3.70. The molecule has 0 aromatic heterocycles. The summed E-state index contributed by atoms with van der Waals surface area (Å²) < 4.78 is 15.3. The van der Waals surface area contributed by atoms with Crippen LogP contribution in [0, 0.1) is 0 Å². The predicted molar refractivity (Wildman–Crippen MR) is 113 cm³/mol. The van der Waals surface area contributed by atoms with Gasteiger partial charge in [0.1, 0.15) is 17.2 Å². The summed E-state index contributed by atoms with van der Waals surface area (Å²) >= 11 is 0. The summed E-state index contributed by atoms with van der Waals surface area (Å²) in [5, 5.41) is 5.81. The molecule has 1 rings (SSSR count). The van der Waals surface area contributed by atoms with Gasteiger partial charge in [0.25, 0.3) is 0 Å². The van der Waals surface area contributed by atoms with Crippen LogP contribution in [0.5, 0.6) is 0 Å². The Kier molecular flexibility index (Phi) is 9.29. The van der Waals surface area contributed by atoms with Crippen molar-refractivity contribution in [3.63, 3.8) is 0 Å². The Balaban J connectivity index is 2.62. The Bertz CT molecular complexity index is 717. The first-order valence-electron chi connectivity index (χ1n) is 9.91. The standard InChI is InChI=1S/C22H34N2O6/c1-21(2,3)29-19(26)17(24-20(27)30-22(4,5)6)12-13-23-14-15-8-10-16(11-9-15)18(25)28-7/h8-11,17,23H,12-14H2,1-7H3,(H,24,27). The minimum Gasteiger partial charge on any atom is -0.465 e. The molecule has 1 aromatic carbocycles. The van der Waals surface area contributed by atoms with Crippen molar-refractivity contribution in [1.29, 1.82) is 0 Å². The largest absolute Gasteiger partial charge is 0.465 e. The fourth-order valence-electron chi connectivity index (χ4n) is 2.43. The molecule has 168 valence electrons. The maximum atomic E-state index is 12.5. The smallest absolute Gasteiger partial charge is 0.408 e. The number of rotatable bonds is 8. The van der Waals surface area contributed by atoms with Crippen molar-refractivity contribution in [2.45, 2.75) is 71.8 Å². The van der Waals surface area contributed by atoms with E-state index in [4.69, 9.17) is 9.47 Å². The average molecular weight is 423 g/mol. The molecule has 0 saturated heterocycles. The van der Waals surface area contributed by atoms with Crippen LogP contribution in [-0.4, -0.2) is 48.9 Å². The van der Waals surface area contributed by atoms with Gasteiger partial charge in [-0.3, -0.25) is 0 Å². The van der Waals surface area contributed by atoms with Crippen molar-refractivity contribution in [1.82, 2.24) is 10.6 Å². The van der Waals surface area contributed by atoms with Gasteiger partial charge < -0.3 is 24.8 Å². The number of ether oxygens (including phenoxy) is 3. The molecule has 8 nitrogen and oxygen atoms in total. The molecule has 1 unspecified atom stereocenters. The van der Waals surface area contributed by atoms with Gasteiger partial charge in [-0.2, -0.15) is 0 Å². The van der Waals surface area contributed by atoms with Crippen LogP contribution in [-0.2, 0) is 25.5 Å². The van der Waals surface area contributed by atoms with Crippen LogP contribution < -0.4 is 10.6 Å². The number of hydrogen-bond donors (Lipinski definition) is 2. The van der Waals surface area contributed by atoms with Gasteiger partial charge in [-0.1, -0.05) is 12.1 Å². The number of esters is 2. The normalized spacial score (nSPS) is 12.6. The molecule has 1 aromatic rings. The highest BCUT2D eigenvalue weighted by Crippen LogP contribution is 2.12. The van der Waals surface area contributed by atoms with Crippen LogP contribution >= 0.6 is 0 Å². The summed E-state index contributed by atoms with van der Waals surface area (Å²) in [6, 6.07) is 6.19. The van der Waals surface area contributed by atoms with E-state index in [1.165, 1.54) is 7.11 Å². The van der Waals surface area contributed by atoms with Gasteiger partial charge in [0.05, 0.1) is 12.7 Å². The van der Waals surface area contributed by atoms with Gasteiger partial charge in [-0.15, -0.1) is 0 Å². The van der Waals surface area contributed by atoms with E-state index in [2.05, 4.69) is 15.4 Å². The Hall–Kier alpha value is -2.61. The summed E-state index contributed by atoms with van der Waals surface area (Å²) in [5.74, 6) is -0.902. The fourth-order valence-corrected chi connectivity index (χ4v) is 2.43. The lowest BCUT2D eigenvalue weighted by Gasteiger charge is -2.26. The third-order valence-corrected chi connectivity index (χ3v) is 3.70. The van der Waals surface area contributed by atoms with Crippen LogP contribution in [0.4, 0.5) is 4.79 Å². The van der Waals surface area contributed by atoms with Crippen molar-refractivity contribution in [2.24, 2.45) is 0 Å². The highest BCUT2D eigenvalue weighted by molar-refractivity contribution is 5.89. The third kappa shape index (κ3) is 10.2. The molecule has 0 aliphatic carbocycles. The quantitative estimate of drug-likeness (QED) is 0.377. The molecular formula is C22H34N2O6. The second kappa shape index (κ2) is 11.0. The van der Waals surface area contributed by atoms with E-state index >= 15 is 0 Å². The summed E-state index contributed by atoms with van der Waals surface area (Å²) in [6.45, 7) is 11.6. The predicted octanol–water partition coefficient (Wildman–Crippen LogP) is 3.19. The fraction of sp³-hybridized carbons (Fsp3) is 0.591. The number of amides is 1. The molecule has 0 radical (unpaired) electrons. The molecule has 0 aliphatic heterocycles. The summed E-state index contributed by atoms with van der Waals surface area (Å²) in [7, 11) is 1.34.